The largest absolute Gasteiger partial charge is 0.477 e. The molecule has 1 N–H and O–H groups in total. The summed E-state index contributed by atoms with van der Waals surface area (Å²) in [5.74, 6) is 0.253. The second-order valence-corrected chi connectivity index (χ2v) is 3.72. The normalized spacial score (nSPS) is 9.64. The Kier molecular flexibility index (Phi) is 3.08. The smallest absolute Gasteiger partial charge is 0.223 e. The number of thiophene rings is 1. The quantitative estimate of drug-likeness (QED) is 0.619. The molecular formula is C7H8BrNOS. The first-order valence-electron chi connectivity index (χ1n) is 3.19. The van der Waals surface area contributed by atoms with Crippen LogP contribution in [0.5, 0.6) is 0 Å². The van der Waals surface area contributed by atoms with Gasteiger partial charge in [0, 0.05) is 9.85 Å². The van der Waals surface area contributed by atoms with E-state index in [0.717, 1.165) is 9.35 Å². The predicted octanol–water partition coefficient (Wildman–Crippen LogP) is 2.87. The molecule has 2 nitrogen and oxygen atoms in total. The van der Waals surface area contributed by atoms with Crippen LogP contribution in [0.3, 0.4) is 0 Å². The van der Waals surface area contributed by atoms with Crippen LogP contribution in [0, 0.1) is 5.41 Å². The number of nitrogens with one attached hydrogen (secondary N) is 1. The Hall–Kier alpha value is -0.350. The summed E-state index contributed by atoms with van der Waals surface area (Å²) < 4.78 is 6.02. The van der Waals surface area contributed by atoms with Crippen molar-refractivity contribution in [2.24, 2.45) is 0 Å². The lowest BCUT2D eigenvalue weighted by Crippen LogP contribution is -2.01. The highest BCUT2D eigenvalue weighted by Crippen LogP contribution is 2.20. The maximum atomic E-state index is 7.41. The van der Waals surface area contributed by atoms with Gasteiger partial charge >= 0.3 is 0 Å². The summed E-state index contributed by atoms with van der Waals surface area (Å²) in [6, 6.07) is 1.88. The molecule has 0 saturated carbocycles. The first kappa shape index (κ1) is 8.74. The van der Waals surface area contributed by atoms with E-state index in [1.54, 1.807) is 0 Å². The van der Waals surface area contributed by atoms with E-state index in [-0.39, 0.29) is 5.90 Å². The average molecular weight is 234 g/mol. The molecule has 0 unspecified atom stereocenters. The lowest BCUT2D eigenvalue weighted by molar-refractivity contribution is 0.326. The van der Waals surface area contributed by atoms with Gasteiger partial charge in [-0.2, -0.15) is 0 Å². The second-order valence-electron chi connectivity index (χ2n) is 1.89. The molecule has 0 amide bonds. The van der Waals surface area contributed by atoms with Crippen LogP contribution in [-0.4, -0.2) is 12.5 Å². The molecule has 0 radical (unpaired) electrons. The van der Waals surface area contributed by atoms with E-state index in [1.807, 2.05) is 18.4 Å². The van der Waals surface area contributed by atoms with E-state index < -0.39 is 0 Å². The van der Waals surface area contributed by atoms with Crippen molar-refractivity contribution in [2.45, 2.75) is 6.92 Å². The lowest BCUT2D eigenvalue weighted by atomic mass is 10.5. The van der Waals surface area contributed by atoms with Crippen LogP contribution in [0.25, 0.3) is 0 Å². The SMILES string of the molecule is CCOC(=N)c1cc(Br)cs1. The second kappa shape index (κ2) is 3.88. The Balaban J connectivity index is 2.69. The Morgan fingerprint density at radius 1 is 1.82 bits per heavy atom. The van der Waals surface area contributed by atoms with Crippen molar-refractivity contribution >= 4 is 33.2 Å². The summed E-state index contributed by atoms with van der Waals surface area (Å²) in [5.41, 5.74) is 0. The topological polar surface area (TPSA) is 33.1 Å². The van der Waals surface area contributed by atoms with Crippen molar-refractivity contribution < 1.29 is 4.74 Å². The van der Waals surface area contributed by atoms with E-state index >= 15 is 0 Å². The highest BCUT2D eigenvalue weighted by atomic mass is 79.9. The molecule has 1 rings (SSSR count). The van der Waals surface area contributed by atoms with Crippen molar-refractivity contribution in [3.63, 3.8) is 0 Å². The van der Waals surface area contributed by atoms with Gasteiger partial charge in [0.25, 0.3) is 0 Å². The van der Waals surface area contributed by atoms with Gasteiger partial charge in [-0.25, -0.2) is 0 Å². The molecule has 60 valence electrons. The molecule has 0 aliphatic carbocycles. The molecule has 1 heterocycles. The van der Waals surface area contributed by atoms with Crippen LogP contribution in [-0.2, 0) is 4.74 Å². The summed E-state index contributed by atoms with van der Waals surface area (Å²) in [6.45, 7) is 2.42. The van der Waals surface area contributed by atoms with Crippen LogP contribution in [0.2, 0.25) is 0 Å². The molecule has 11 heavy (non-hydrogen) atoms. The third kappa shape index (κ3) is 2.31. The predicted molar refractivity (Wildman–Crippen MR) is 50.5 cm³/mol. The van der Waals surface area contributed by atoms with E-state index in [1.165, 1.54) is 11.3 Å². The Morgan fingerprint density at radius 2 is 2.55 bits per heavy atom. The molecule has 1 aromatic rings. The third-order valence-corrected chi connectivity index (χ3v) is 2.77. The summed E-state index contributed by atoms with van der Waals surface area (Å²) in [5, 5.41) is 9.34. The molecule has 4 heteroatoms. The van der Waals surface area contributed by atoms with E-state index in [9.17, 15) is 0 Å². The summed E-state index contributed by atoms with van der Waals surface area (Å²) in [7, 11) is 0. The highest BCUT2D eigenvalue weighted by molar-refractivity contribution is 9.10. The minimum absolute atomic E-state index is 0.253. The molecule has 0 bridgehead atoms. The average Bonchev–Trinajstić information content (AvgIpc) is 2.36. The maximum Gasteiger partial charge on any atom is 0.223 e. The lowest BCUT2D eigenvalue weighted by Gasteiger charge is -1.99. The van der Waals surface area contributed by atoms with Gasteiger partial charge in [-0.05, 0) is 28.9 Å². The Labute approximate surface area is 77.8 Å². The van der Waals surface area contributed by atoms with Gasteiger partial charge in [0.15, 0.2) is 0 Å². The van der Waals surface area contributed by atoms with Crippen molar-refractivity contribution in [1.29, 1.82) is 5.41 Å². The van der Waals surface area contributed by atoms with Crippen LogP contribution >= 0.6 is 27.3 Å². The molecule has 1 aromatic heterocycles. The monoisotopic (exact) mass is 233 g/mol. The molecule has 0 atom stereocenters. The first-order valence-corrected chi connectivity index (χ1v) is 4.87. The van der Waals surface area contributed by atoms with Gasteiger partial charge < -0.3 is 4.74 Å². The van der Waals surface area contributed by atoms with Gasteiger partial charge in [-0.15, -0.1) is 11.3 Å². The van der Waals surface area contributed by atoms with Crippen molar-refractivity contribution in [1.82, 2.24) is 0 Å². The van der Waals surface area contributed by atoms with Crippen LogP contribution in [0.4, 0.5) is 0 Å². The fraction of sp³-hybridized carbons (Fsp3) is 0.286. The number of hydrogen-bond acceptors (Lipinski definition) is 3. The molecule has 0 spiro atoms. The van der Waals surface area contributed by atoms with Gasteiger partial charge in [0.1, 0.15) is 0 Å². The summed E-state index contributed by atoms with van der Waals surface area (Å²) in [4.78, 5) is 0.860. The number of rotatable bonds is 2. The van der Waals surface area contributed by atoms with Crippen molar-refractivity contribution in [3.05, 3.63) is 20.8 Å². The molecule has 0 aliphatic rings. The van der Waals surface area contributed by atoms with Gasteiger partial charge in [0.2, 0.25) is 5.90 Å². The zero-order valence-corrected chi connectivity index (χ0v) is 8.46. The molecule has 0 aromatic carbocycles. The Morgan fingerprint density at radius 3 is 3.00 bits per heavy atom. The van der Waals surface area contributed by atoms with E-state index in [0.29, 0.717) is 6.61 Å². The standard InChI is InChI=1S/C7H8BrNOS/c1-2-10-7(9)6-3-5(8)4-11-6/h3-4,9H,2H2,1H3. The van der Waals surface area contributed by atoms with Crippen LogP contribution in [0.1, 0.15) is 11.8 Å². The fourth-order valence-electron chi connectivity index (χ4n) is 0.648. The van der Waals surface area contributed by atoms with E-state index in [4.69, 9.17) is 10.1 Å². The van der Waals surface area contributed by atoms with Crippen molar-refractivity contribution in [3.8, 4) is 0 Å². The zero-order chi connectivity index (χ0) is 8.27. The molecule has 0 fully saturated rings. The van der Waals surface area contributed by atoms with Gasteiger partial charge in [-0.1, -0.05) is 0 Å². The minimum Gasteiger partial charge on any atom is -0.477 e. The Bertz CT molecular complexity index is 259. The molecule has 0 aliphatic heterocycles. The summed E-state index contributed by atoms with van der Waals surface area (Å²) in [6.07, 6.45) is 0. The van der Waals surface area contributed by atoms with E-state index in [2.05, 4.69) is 15.9 Å². The zero-order valence-electron chi connectivity index (χ0n) is 6.06. The maximum absolute atomic E-state index is 7.41. The number of hydrogen-bond donors (Lipinski definition) is 1. The molecule has 0 saturated heterocycles. The summed E-state index contributed by atoms with van der Waals surface area (Å²) >= 11 is 4.81. The van der Waals surface area contributed by atoms with Crippen LogP contribution in [0.15, 0.2) is 15.9 Å². The fourth-order valence-corrected chi connectivity index (χ4v) is 1.98. The van der Waals surface area contributed by atoms with Crippen LogP contribution < -0.4 is 0 Å². The highest BCUT2D eigenvalue weighted by Gasteiger charge is 2.03. The van der Waals surface area contributed by atoms with Crippen molar-refractivity contribution in [2.75, 3.05) is 6.61 Å². The van der Waals surface area contributed by atoms with Gasteiger partial charge in [0.05, 0.1) is 11.5 Å². The van der Waals surface area contributed by atoms with Gasteiger partial charge in [-0.3, -0.25) is 5.41 Å². The number of ether oxygens (including phenoxy) is 1. The third-order valence-electron chi connectivity index (χ3n) is 1.08. The number of halogens is 1. The minimum atomic E-state index is 0.253. The first-order chi connectivity index (χ1) is 5.24. The molecular weight excluding hydrogens is 226 g/mol.